The maximum atomic E-state index is 11.4. The van der Waals surface area contributed by atoms with Crippen LogP contribution in [-0.4, -0.2) is 37.3 Å². The van der Waals surface area contributed by atoms with Crippen molar-refractivity contribution in [2.75, 3.05) is 25.7 Å². The third-order valence-corrected chi connectivity index (χ3v) is 6.45. The quantitative estimate of drug-likeness (QED) is 0.708. The van der Waals surface area contributed by atoms with Gasteiger partial charge in [0.25, 0.3) is 0 Å². The molecule has 1 aromatic heterocycles. The Hall–Kier alpha value is -3.15. The maximum Gasteiger partial charge on any atom is 0.216 e. The van der Waals surface area contributed by atoms with Crippen LogP contribution in [0.1, 0.15) is 23.7 Å². The number of nitrogens with one attached hydrogen (secondary N) is 1. The summed E-state index contributed by atoms with van der Waals surface area (Å²) in [7, 11) is 3.42. The smallest absolute Gasteiger partial charge is 0.216 e. The van der Waals surface area contributed by atoms with Crippen molar-refractivity contribution in [3.05, 3.63) is 53.2 Å². The van der Waals surface area contributed by atoms with Gasteiger partial charge in [-0.1, -0.05) is 0 Å². The fourth-order valence-corrected chi connectivity index (χ4v) is 5.06. The molecule has 0 radical (unpaired) electrons. The Kier molecular flexibility index (Phi) is 4.57. The number of nitrogens with zero attached hydrogens (tertiary/aromatic N) is 2. The van der Waals surface area contributed by atoms with Gasteiger partial charge >= 0.3 is 0 Å². The van der Waals surface area contributed by atoms with Gasteiger partial charge in [-0.15, -0.1) is 0 Å². The van der Waals surface area contributed by atoms with Gasteiger partial charge in [0.05, 0.1) is 26.8 Å². The van der Waals surface area contributed by atoms with E-state index < -0.39 is 0 Å². The fraction of sp³-hybridized carbons (Fsp3) is 0.375. The summed E-state index contributed by atoms with van der Waals surface area (Å²) in [5.41, 5.74) is 6.55. The molecule has 0 saturated heterocycles. The highest BCUT2D eigenvalue weighted by molar-refractivity contribution is 5.88. The Balaban J connectivity index is 1.56. The SMILES string of the molecule is COc1ccc2c(c1)CC1Cn3c(c(CCNC(C)=O)c4cc(OC)ccc43)CN21. The number of hydrogen-bond donors (Lipinski definition) is 1. The average molecular weight is 405 g/mol. The Morgan fingerprint density at radius 1 is 1.13 bits per heavy atom. The first-order valence-electron chi connectivity index (χ1n) is 10.4. The summed E-state index contributed by atoms with van der Waals surface area (Å²) in [5.74, 6) is 1.79. The molecular weight excluding hydrogens is 378 g/mol. The standard InChI is InChI=1S/C24H27N3O3/c1-15(28)25-9-8-20-21-12-19(30-3)5-7-23(21)27-13-17-10-16-11-18(29-2)4-6-22(16)26(17)14-24(20)27/h4-7,11-12,17H,8-10,13-14H2,1-3H3,(H,25,28). The van der Waals surface area contributed by atoms with Crippen molar-refractivity contribution in [3.8, 4) is 11.5 Å². The minimum atomic E-state index is 0.00689. The van der Waals surface area contributed by atoms with E-state index in [9.17, 15) is 4.79 Å². The first kappa shape index (κ1) is 18.9. The molecule has 2 aliphatic heterocycles. The van der Waals surface area contributed by atoms with E-state index in [1.54, 1.807) is 21.1 Å². The highest BCUT2D eigenvalue weighted by atomic mass is 16.5. The molecule has 0 bridgehead atoms. The Labute approximate surface area is 176 Å². The number of benzene rings is 2. The topological polar surface area (TPSA) is 55.7 Å². The second kappa shape index (κ2) is 7.27. The van der Waals surface area contributed by atoms with Gasteiger partial charge in [-0.2, -0.15) is 0 Å². The summed E-state index contributed by atoms with van der Waals surface area (Å²) in [5, 5.41) is 4.18. The van der Waals surface area contributed by atoms with Crippen molar-refractivity contribution in [2.24, 2.45) is 0 Å². The lowest BCUT2D eigenvalue weighted by Gasteiger charge is -2.34. The molecule has 0 fully saturated rings. The van der Waals surface area contributed by atoms with Gasteiger partial charge in [0.15, 0.2) is 0 Å². The number of anilines is 1. The van der Waals surface area contributed by atoms with E-state index in [4.69, 9.17) is 9.47 Å². The largest absolute Gasteiger partial charge is 0.497 e. The summed E-state index contributed by atoms with van der Waals surface area (Å²) in [4.78, 5) is 13.9. The molecule has 1 unspecified atom stereocenters. The van der Waals surface area contributed by atoms with E-state index >= 15 is 0 Å². The lowest BCUT2D eigenvalue weighted by Crippen LogP contribution is -2.40. The lowest BCUT2D eigenvalue weighted by molar-refractivity contribution is -0.118. The molecule has 6 heteroatoms. The van der Waals surface area contributed by atoms with Crippen LogP contribution in [0.3, 0.4) is 0 Å². The van der Waals surface area contributed by atoms with Crippen molar-refractivity contribution >= 4 is 22.5 Å². The summed E-state index contributed by atoms with van der Waals surface area (Å²) in [6, 6.07) is 13.2. The van der Waals surface area contributed by atoms with E-state index in [2.05, 4.69) is 39.0 Å². The first-order valence-corrected chi connectivity index (χ1v) is 10.4. The van der Waals surface area contributed by atoms with Crippen LogP contribution in [0.15, 0.2) is 36.4 Å². The minimum absolute atomic E-state index is 0.00689. The average Bonchev–Trinajstić information content (AvgIpc) is 3.26. The highest BCUT2D eigenvalue weighted by Gasteiger charge is 2.36. The molecule has 3 aromatic rings. The van der Waals surface area contributed by atoms with Crippen molar-refractivity contribution in [2.45, 2.75) is 38.9 Å². The summed E-state index contributed by atoms with van der Waals surface area (Å²) in [6.45, 7) is 4.03. The number of methoxy groups -OCH3 is 2. The predicted molar refractivity (Wildman–Crippen MR) is 118 cm³/mol. The molecule has 5 rings (SSSR count). The molecule has 2 aliphatic rings. The van der Waals surface area contributed by atoms with Crippen molar-refractivity contribution in [3.63, 3.8) is 0 Å². The van der Waals surface area contributed by atoms with Gasteiger partial charge < -0.3 is 24.3 Å². The number of hydrogen-bond acceptors (Lipinski definition) is 4. The highest BCUT2D eigenvalue weighted by Crippen LogP contribution is 2.41. The van der Waals surface area contributed by atoms with Crippen molar-refractivity contribution in [1.29, 1.82) is 0 Å². The number of rotatable bonds is 5. The zero-order valence-corrected chi connectivity index (χ0v) is 17.7. The monoisotopic (exact) mass is 405 g/mol. The normalized spacial score (nSPS) is 16.8. The molecule has 1 atom stereocenters. The minimum Gasteiger partial charge on any atom is -0.497 e. The maximum absolute atomic E-state index is 11.4. The summed E-state index contributed by atoms with van der Waals surface area (Å²) >= 11 is 0. The van der Waals surface area contributed by atoms with E-state index in [0.717, 1.165) is 37.4 Å². The molecule has 0 saturated carbocycles. The molecule has 30 heavy (non-hydrogen) atoms. The van der Waals surface area contributed by atoms with Crippen LogP contribution in [-0.2, 0) is 30.7 Å². The second-order valence-electron chi connectivity index (χ2n) is 8.13. The van der Waals surface area contributed by atoms with Gasteiger partial charge in [0.2, 0.25) is 5.91 Å². The predicted octanol–water partition coefficient (Wildman–Crippen LogP) is 3.28. The molecular formula is C24H27N3O3. The number of fused-ring (bicyclic) bond motifs is 6. The molecule has 156 valence electrons. The van der Waals surface area contributed by atoms with Gasteiger partial charge in [0.1, 0.15) is 11.5 Å². The molecule has 2 aromatic carbocycles. The molecule has 3 heterocycles. The molecule has 1 amide bonds. The van der Waals surface area contributed by atoms with Crippen LogP contribution < -0.4 is 19.7 Å². The second-order valence-corrected chi connectivity index (χ2v) is 8.13. The van der Waals surface area contributed by atoms with Crippen molar-refractivity contribution in [1.82, 2.24) is 9.88 Å². The van der Waals surface area contributed by atoms with Gasteiger partial charge in [0, 0.05) is 42.3 Å². The number of carbonyl (C=O) groups excluding carboxylic acids is 1. The van der Waals surface area contributed by atoms with Crippen LogP contribution >= 0.6 is 0 Å². The van der Waals surface area contributed by atoms with Gasteiger partial charge in [-0.05, 0) is 60.4 Å². The van der Waals surface area contributed by atoms with Crippen LogP contribution in [0.2, 0.25) is 0 Å². The van der Waals surface area contributed by atoms with E-state index in [1.807, 2.05) is 12.1 Å². The van der Waals surface area contributed by atoms with Crippen LogP contribution in [0.25, 0.3) is 10.9 Å². The summed E-state index contributed by atoms with van der Waals surface area (Å²) < 4.78 is 13.4. The number of carbonyl (C=O) groups is 1. The number of ether oxygens (including phenoxy) is 2. The van der Waals surface area contributed by atoms with Crippen LogP contribution in [0.4, 0.5) is 5.69 Å². The van der Waals surface area contributed by atoms with E-state index in [1.165, 1.54) is 33.4 Å². The zero-order valence-electron chi connectivity index (χ0n) is 17.7. The molecule has 0 spiro atoms. The number of amides is 1. The Morgan fingerprint density at radius 2 is 1.90 bits per heavy atom. The van der Waals surface area contributed by atoms with Gasteiger partial charge in [-0.25, -0.2) is 0 Å². The Bertz CT molecular complexity index is 1130. The van der Waals surface area contributed by atoms with Gasteiger partial charge in [-0.3, -0.25) is 4.79 Å². The summed E-state index contributed by atoms with van der Waals surface area (Å²) in [6.07, 6.45) is 1.84. The fourth-order valence-electron chi connectivity index (χ4n) is 5.06. The van der Waals surface area contributed by atoms with Crippen LogP contribution in [0.5, 0.6) is 11.5 Å². The number of aromatic nitrogens is 1. The molecule has 1 N–H and O–H groups in total. The molecule has 0 aliphatic carbocycles. The molecule has 6 nitrogen and oxygen atoms in total. The van der Waals surface area contributed by atoms with E-state index in [-0.39, 0.29) is 5.91 Å². The Morgan fingerprint density at radius 3 is 2.67 bits per heavy atom. The lowest BCUT2D eigenvalue weighted by atomic mass is 10.1. The van der Waals surface area contributed by atoms with Crippen molar-refractivity contribution < 1.29 is 14.3 Å². The zero-order chi connectivity index (χ0) is 20.8. The third-order valence-electron chi connectivity index (χ3n) is 6.45. The first-order chi connectivity index (χ1) is 14.6. The van der Waals surface area contributed by atoms with E-state index in [0.29, 0.717) is 12.6 Å². The van der Waals surface area contributed by atoms with Crippen LogP contribution in [0, 0.1) is 0 Å². The third kappa shape index (κ3) is 2.98.